The molecule has 1 aliphatic heterocycles. The first kappa shape index (κ1) is 19.8. The van der Waals surface area contributed by atoms with Crippen LogP contribution in [0.15, 0.2) is 24.3 Å². The molecule has 1 fully saturated rings. The Morgan fingerprint density at radius 1 is 1.09 bits per heavy atom. The lowest BCUT2D eigenvalue weighted by Gasteiger charge is -2.32. The Hall–Kier alpha value is -0.255. The standard InChI is InChI=1S/C16H25BClNO2.ClH/c1-15(2)16(3,4)21-17(20-15)14(19)7-5-6-12-8-10-13(18)11-9-12;/h8-11,14H,5-7,19H2,1-4H3;1H. The van der Waals surface area contributed by atoms with E-state index < -0.39 is 0 Å². The number of rotatable bonds is 5. The molecule has 0 bridgehead atoms. The van der Waals surface area contributed by atoms with E-state index in [-0.39, 0.29) is 36.7 Å². The van der Waals surface area contributed by atoms with Gasteiger partial charge in [-0.1, -0.05) is 23.7 Å². The molecule has 124 valence electrons. The molecule has 1 saturated heterocycles. The van der Waals surface area contributed by atoms with Crippen molar-refractivity contribution in [2.45, 2.75) is 64.1 Å². The summed E-state index contributed by atoms with van der Waals surface area (Å²) < 4.78 is 12.0. The Morgan fingerprint density at radius 3 is 2.09 bits per heavy atom. The number of hydrogen-bond acceptors (Lipinski definition) is 3. The lowest BCUT2D eigenvalue weighted by atomic mass is 9.76. The second-order valence-corrected chi connectivity index (χ2v) is 7.24. The summed E-state index contributed by atoms with van der Waals surface area (Å²) in [6.07, 6.45) is 2.87. The van der Waals surface area contributed by atoms with Gasteiger partial charge in [-0.05, 0) is 64.7 Å². The van der Waals surface area contributed by atoms with E-state index in [0.29, 0.717) is 0 Å². The topological polar surface area (TPSA) is 44.5 Å². The summed E-state index contributed by atoms with van der Waals surface area (Å²) in [7, 11) is -0.319. The largest absolute Gasteiger partial charge is 0.475 e. The highest BCUT2D eigenvalue weighted by Crippen LogP contribution is 2.37. The molecule has 0 aliphatic carbocycles. The zero-order valence-electron chi connectivity index (χ0n) is 13.8. The minimum Gasteiger partial charge on any atom is -0.402 e. The Kier molecular flexibility index (Phi) is 6.79. The molecule has 0 amide bonds. The second-order valence-electron chi connectivity index (χ2n) is 6.81. The van der Waals surface area contributed by atoms with Crippen LogP contribution in [-0.2, 0) is 15.7 Å². The summed E-state index contributed by atoms with van der Waals surface area (Å²) in [5.74, 6) is -0.0987. The molecule has 2 rings (SSSR count). The Labute approximate surface area is 145 Å². The van der Waals surface area contributed by atoms with Crippen LogP contribution < -0.4 is 5.73 Å². The van der Waals surface area contributed by atoms with Crippen LogP contribution in [-0.4, -0.2) is 24.3 Å². The van der Waals surface area contributed by atoms with Crippen LogP contribution in [0.25, 0.3) is 0 Å². The van der Waals surface area contributed by atoms with Crippen LogP contribution in [0.1, 0.15) is 46.1 Å². The smallest absolute Gasteiger partial charge is 0.402 e. The van der Waals surface area contributed by atoms with Crippen molar-refractivity contribution in [3.63, 3.8) is 0 Å². The molecule has 0 saturated carbocycles. The molecular formula is C16H26BCl2NO2. The first-order chi connectivity index (χ1) is 9.71. The monoisotopic (exact) mass is 345 g/mol. The molecule has 2 N–H and O–H groups in total. The number of nitrogens with two attached hydrogens (primary N) is 1. The Balaban J connectivity index is 0.00000242. The van der Waals surface area contributed by atoms with E-state index in [0.717, 1.165) is 24.3 Å². The molecular weight excluding hydrogens is 320 g/mol. The van der Waals surface area contributed by atoms with Crippen molar-refractivity contribution in [3.05, 3.63) is 34.9 Å². The van der Waals surface area contributed by atoms with Crippen molar-refractivity contribution in [1.82, 2.24) is 0 Å². The fourth-order valence-electron chi connectivity index (χ4n) is 2.39. The number of aryl methyl sites for hydroxylation is 1. The highest BCUT2D eigenvalue weighted by molar-refractivity contribution is 6.47. The SMILES string of the molecule is CC1(C)OB(C(N)CCCc2ccc(Cl)cc2)OC1(C)C.Cl. The number of hydrogen-bond donors (Lipinski definition) is 1. The maximum absolute atomic E-state index is 6.24. The van der Waals surface area contributed by atoms with Gasteiger partial charge >= 0.3 is 7.12 Å². The van der Waals surface area contributed by atoms with Crippen molar-refractivity contribution < 1.29 is 9.31 Å². The first-order valence-corrected chi connectivity index (χ1v) is 7.95. The zero-order valence-corrected chi connectivity index (χ0v) is 15.3. The van der Waals surface area contributed by atoms with E-state index in [1.54, 1.807) is 0 Å². The maximum atomic E-state index is 6.24. The highest BCUT2D eigenvalue weighted by atomic mass is 35.5. The fourth-order valence-corrected chi connectivity index (χ4v) is 2.52. The predicted octanol–water partition coefficient (Wildman–Crippen LogP) is 4.04. The third-order valence-electron chi connectivity index (χ3n) is 4.54. The van der Waals surface area contributed by atoms with Crippen molar-refractivity contribution in [2.24, 2.45) is 5.73 Å². The second kappa shape index (κ2) is 7.54. The predicted molar refractivity (Wildman–Crippen MR) is 95.7 cm³/mol. The third kappa shape index (κ3) is 4.62. The van der Waals surface area contributed by atoms with Gasteiger partial charge in [0, 0.05) is 11.0 Å². The Morgan fingerprint density at radius 2 is 1.59 bits per heavy atom. The fraction of sp³-hybridized carbons (Fsp3) is 0.625. The van der Waals surface area contributed by atoms with Crippen molar-refractivity contribution >= 4 is 31.1 Å². The minimum absolute atomic E-state index is 0. The van der Waals surface area contributed by atoms with Crippen molar-refractivity contribution in [1.29, 1.82) is 0 Å². The van der Waals surface area contributed by atoms with Crippen LogP contribution >= 0.6 is 24.0 Å². The Bertz CT molecular complexity index is 464. The zero-order chi connectivity index (χ0) is 15.7. The van der Waals surface area contributed by atoms with Crippen LogP contribution in [0.5, 0.6) is 0 Å². The van der Waals surface area contributed by atoms with Gasteiger partial charge in [0.1, 0.15) is 0 Å². The quantitative estimate of drug-likeness (QED) is 0.819. The van der Waals surface area contributed by atoms with Crippen LogP contribution in [0.3, 0.4) is 0 Å². The molecule has 1 atom stereocenters. The lowest BCUT2D eigenvalue weighted by Crippen LogP contribution is -2.41. The average molecular weight is 346 g/mol. The summed E-state index contributed by atoms with van der Waals surface area (Å²) in [5, 5.41) is 0.771. The van der Waals surface area contributed by atoms with E-state index in [4.69, 9.17) is 26.6 Å². The van der Waals surface area contributed by atoms with Crippen molar-refractivity contribution in [2.75, 3.05) is 0 Å². The maximum Gasteiger partial charge on any atom is 0.475 e. The summed E-state index contributed by atoms with van der Waals surface area (Å²) in [6.45, 7) is 8.20. The molecule has 0 spiro atoms. The van der Waals surface area contributed by atoms with Gasteiger partial charge in [-0.2, -0.15) is 0 Å². The van der Waals surface area contributed by atoms with E-state index in [1.165, 1.54) is 5.56 Å². The highest BCUT2D eigenvalue weighted by Gasteiger charge is 2.52. The molecule has 22 heavy (non-hydrogen) atoms. The van der Waals surface area contributed by atoms with Gasteiger partial charge < -0.3 is 15.0 Å². The molecule has 3 nitrogen and oxygen atoms in total. The molecule has 1 aromatic rings. The third-order valence-corrected chi connectivity index (χ3v) is 4.79. The van der Waals surface area contributed by atoms with E-state index in [9.17, 15) is 0 Å². The molecule has 1 unspecified atom stereocenters. The minimum atomic E-state index is -0.319. The summed E-state index contributed by atoms with van der Waals surface area (Å²) in [6, 6.07) is 7.96. The van der Waals surface area contributed by atoms with E-state index in [2.05, 4.69) is 12.1 Å². The van der Waals surface area contributed by atoms with Crippen LogP contribution in [0, 0.1) is 0 Å². The number of halogens is 2. The van der Waals surface area contributed by atoms with E-state index >= 15 is 0 Å². The molecule has 0 radical (unpaired) electrons. The average Bonchev–Trinajstić information content (AvgIpc) is 2.61. The molecule has 0 aromatic heterocycles. The van der Waals surface area contributed by atoms with E-state index in [1.807, 2.05) is 39.8 Å². The van der Waals surface area contributed by atoms with Gasteiger partial charge in [0.15, 0.2) is 0 Å². The van der Waals surface area contributed by atoms with Gasteiger partial charge in [0.2, 0.25) is 0 Å². The van der Waals surface area contributed by atoms with Gasteiger partial charge in [-0.25, -0.2) is 0 Å². The summed E-state index contributed by atoms with van der Waals surface area (Å²) >= 11 is 5.88. The molecule has 1 aliphatic rings. The summed E-state index contributed by atoms with van der Waals surface area (Å²) in [5.41, 5.74) is 6.89. The molecule has 1 aromatic carbocycles. The van der Waals surface area contributed by atoms with Crippen LogP contribution in [0.4, 0.5) is 0 Å². The van der Waals surface area contributed by atoms with Gasteiger partial charge in [0.25, 0.3) is 0 Å². The molecule has 1 heterocycles. The molecule has 6 heteroatoms. The van der Waals surface area contributed by atoms with Gasteiger partial charge in [-0.3, -0.25) is 0 Å². The lowest BCUT2D eigenvalue weighted by molar-refractivity contribution is 0.00578. The number of benzene rings is 1. The van der Waals surface area contributed by atoms with Crippen LogP contribution in [0.2, 0.25) is 5.02 Å². The van der Waals surface area contributed by atoms with Crippen molar-refractivity contribution in [3.8, 4) is 0 Å². The van der Waals surface area contributed by atoms with Gasteiger partial charge in [-0.15, -0.1) is 12.4 Å². The summed E-state index contributed by atoms with van der Waals surface area (Å²) in [4.78, 5) is 0. The van der Waals surface area contributed by atoms with Gasteiger partial charge in [0.05, 0.1) is 11.2 Å². The first-order valence-electron chi connectivity index (χ1n) is 7.57. The normalized spacial score (nSPS) is 20.5.